The lowest BCUT2D eigenvalue weighted by atomic mass is 9.80. The van der Waals surface area contributed by atoms with E-state index in [0.717, 1.165) is 6.42 Å². The first kappa shape index (κ1) is 9.65. The first-order valence-corrected chi connectivity index (χ1v) is 5.97. The number of fused-ring (bicyclic) bond motifs is 1. The SMILES string of the molecule is CC1=C(c2ccccc2)C2C=CC1C=CC2. The summed E-state index contributed by atoms with van der Waals surface area (Å²) in [5.74, 6) is 1.10. The van der Waals surface area contributed by atoms with E-state index in [-0.39, 0.29) is 0 Å². The van der Waals surface area contributed by atoms with Gasteiger partial charge in [0, 0.05) is 11.8 Å². The van der Waals surface area contributed by atoms with Crippen molar-refractivity contribution in [3.63, 3.8) is 0 Å². The molecule has 2 unspecified atom stereocenters. The highest BCUT2D eigenvalue weighted by molar-refractivity contribution is 5.74. The minimum absolute atomic E-state index is 0.522. The summed E-state index contributed by atoms with van der Waals surface area (Å²) in [5.41, 5.74) is 4.45. The van der Waals surface area contributed by atoms with Gasteiger partial charge in [0.1, 0.15) is 0 Å². The molecule has 16 heavy (non-hydrogen) atoms. The zero-order valence-electron chi connectivity index (χ0n) is 9.56. The number of allylic oxidation sites excluding steroid dienone is 6. The normalized spacial score (nSPS) is 27.3. The van der Waals surface area contributed by atoms with Gasteiger partial charge in [0.25, 0.3) is 0 Å². The highest BCUT2D eigenvalue weighted by Crippen LogP contribution is 2.40. The van der Waals surface area contributed by atoms with Gasteiger partial charge in [-0.3, -0.25) is 0 Å². The molecule has 0 aromatic heterocycles. The van der Waals surface area contributed by atoms with E-state index in [1.54, 1.807) is 0 Å². The Bertz CT molecular complexity index is 472. The number of benzene rings is 1. The summed E-state index contributed by atoms with van der Waals surface area (Å²) in [6.07, 6.45) is 10.5. The lowest BCUT2D eigenvalue weighted by Crippen LogP contribution is -2.08. The van der Waals surface area contributed by atoms with Gasteiger partial charge >= 0.3 is 0 Å². The van der Waals surface area contributed by atoms with Crippen LogP contribution in [0.15, 0.2) is 60.2 Å². The Labute approximate surface area is 97.0 Å². The molecule has 2 bridgehead atoms. The van der Waals surface area contributed by atoms with Crippen LogP contribution in [0.4, 0.5) is 0 Å². The monoisotopic (exact) mass is 208 g/mol. The van der Waals surface area contributed by atoms with Crippen molar-refractivity contribution in [2.24, 2.45) is 11.8 Å². The molecule has 0 N–H and O–H groups in total. The molecular formula is C16H16. The molecule has 3 aliphatic carbocycles. The van der Waals surface area contributed by atoms with Crippen molar-refractivity contribution < 1.29 is 0 Å². The Morgan fingerprint density at radius 1 is 1.00 bits per heavy atom. The topological polar surface area (TPSA) is 0 Å². The van der Waals surface area contributed by atoms with Crippen LogP contribution in [0.5, 0.6) is 0 Å². The van der Waals surface area contributed by atoms with Crippen molar-refractivity contribution >= 4 is 5.57 Å². The summed E-state index contributed by atoms with van der Waals surface area (Å²) in [6, 6.07) is 10.8. The van der Waals surface area contributed by atoms with Gasteiger partial charge in [-0.25, -0.2) is 0 Å². The summed E-state index contributed by atoms with van der Waals surface area (Å²) < 4.78 is 0. The molecule has 0 nitrogen and oxygen atoms in total. The standard InChI is InChI=1S/C16H16/c1-12-13-8-5-9-15(11-10-13)16(12)14-6-3-2-4-7-14/h2-8,10-11,13,15H,9H2,1H3. The second kappa shape index (κ2) is 3.79. The number of rotatable bonds is 1. The zero-order chi connectivity index (χ0) is 11.0. The molecule has 0 spiro atoms. The van der Waals surface area contributed by atoms with Crippen molar-refractivity contribution in [3.05, 3.63) is 65.8 Å². The van der Waals surface area contributed by atoms with Gasteiger partial charge in [-0.15, -0.1) is 0 Å². The Morgan fingerprint density at radius 2 is 1.81 bits per heavy atom. The largest absolute Gasteiger partial charge is 0.0867 e. The van der Waals surface area contributed by atoms with Gasteiger partial charge in [0.15, 0.2) is 0 Å². The second-order valence-electron chi connectivity index (χ2n) is 4.64. The molecule has 3 aliphatic rings. The van der Waals surface area contributed by atoms with Crippen LogP contribution in [-0.4, -0.2) is 0 Å². The molecule has 0 radical (unpaired) electrons. The van der Waals surface area contributed by atoms with E-state index in [1.165, 1.54) is 16.7 Å². The minimum atomic E-state index is 0.522. The molecule has 0 heterocycles. The first-order valence-electron chi connectivity index (χ1n) is 5.97. The number of hydrogen-bond acceptors (Lipinski definition) is 0. The van der Waals surface area contributed by atoms with Crippen molar-refractivity contribution in [1.29, 1.82) is 0 Å². The molecule has 4 rings (SSSR count). The molecular weight excluding hydrogens is 192 g/mol. The summed E-state index contributed by atoms with van der Waals surface area (Å²) in [5, 5.41) is 0. The smallest absolute Gasteiger partial charge is 0.0161 e. The third-order valence-corrected chi connectivity index (χ3v) is 3.66. The Balaban J connectivity index is 2.12. The fraction of sp³-hybridized carbons (Fsp3) is 0.250. The van der Waals surface area contributed by atoms with Gasteiger partial charge in [-0.1, -0.05) is 60.2 Å². The maximum Gasteiger partial charge on any atom is 0.0161 e. The lowest BCUT2D eigenvalue weighted by molar-refractivity contribution is 0.822. The van der Waals surface area contributed by atoms with Crippen LogP contribution in [0.25, 0.3) is 5.57 Å². The van der Waals surface area contributed by atoms with Crippen LogP contribution in [-0.2, 0) is 0 Å². The van der Waals surface area contributed by atoms with Crippen LogP contribution >= 0.6 is 0 Å². The predicted molar refractivity (Wildman–Crippen MR) is 68.9 cm³/mol. The molecule has 1 aromatic carbocycles. The average Bonchev–Trinajstić information content (AvgIpc) is 2.64. The Kier molecular flexibility index (Phi) is 2.28. The van der Waals surface area contributed by atoms with Gasteiger partial charge in [0.2, 0.25) is 0 Å². The van der Waals surface area contributed by atoms with Crippen molar-refractivity contribution in [3.8, 4) is 0 Å². The van der Waals surface area contributed by atoms with Crippen LogP contribution in [0.2, 0.25) is 0 Å². The summed E-state index contributed by atoms with van der Waals surface area (Å²) in [6.45, 7) is 2.28. The van der Waals surface area contributed by atoms with E-state index in [9.17, 15) is 0 Å². The lowest BCUT2D eigenvalue weighted by Gasteiger charge is -2.24. The van der Waals surface area contributed by atoms with Crippen LogP contribution in [0.1, 0.15) is 18.9 Å². The molecule has 0 heteroatoms. The van der Waals surface area contributed by atoms with E-state index in [0.29, 0.717) is 11.8 Å². The van der Waals surface area contributed by atoms with E-state index < -0.39 is 0 Å². The molecule has 1 aromatic rings. The maximum atomic E-state index is 2.38. The van der Waals surface area contributed by atoms with Crippen molar-refractivity contribution in [2.75, 3.05) is 0 Å². The van der Waals surface area contributed by atoms with Crippen LogP contribution < -0.4 is 0 Å². The third kappa shape index (κ3) is 1.46. The second-order valence-corrected chi connectivity index (χ2v) is 4.64. The fourth-order valence-electron chi connectivity index (χ4n) is 2.80. The molecule has 0 saturated heterocycles. The summed E-state index contributed by atoms with van der Waals surface area (Å²) in [4.78, 5) is 0. The third-order valence-electron chi connectivity index (χ3n) is 3.66. The van der Waals surface area contributed by atoms with Gasteiger partial charge < -0.3 is 0 Å². The molecule has 2 atom stereocenters. The van der Waals surface area contributed by atoms with Crippen LogP contribution in [0.3, 0.4) is 0 Å². The van der Waals surface area contributed by atoms with Gasteiger partial charge in [-0.05, 0) is 24.5 Å². The first-order chi connectivity index (χ1) is 7.86. The van der Waals surface area contributed by atoms with E-state index >= 15 is 0 Å². The van der Waals surface area contributed by atoms with Crippen molar-refractivity contribution in [2.45, 2.75) is 13.3 Å². The Morgan fingerprint density at radius 3 is 2.62 bits per heavy atom. The highest BCUT2D eigenvalue weighted by Gasteiger charge is 2.24. The summed E-state index contributed by atoms with van der Waals surface area (Å²) in [7, 11) is 0. The molecule has 0 saturated carbocycles. The van der Waals surface area contributed by atoms with E-state index in [2.05, 4.69) is 61.6 Å². The van der Waals surface area contributed by atoms with E-state index in [1.807, 2.05) is 0 Å². The highest BCUT2D eigenvalue weighted by atomic mass is 14.3. The maximum absolute atomic E-state index is 2.38. The Hall–Kier alpha value is -1.56. The van der Waals surface area contributed by atoms with Gasteiger partial charge in [-0.2, -0.15) is 0 Å². The molecule has 80 valence electrons. The fourth-order valence-corrected chi connectivity index (χ4v) is 2.80. The zero-order valence-corrected chi connectivity index (χ0v) is 9.56. The molecule has 0 aliphatic heterocycles. The minimum Gasteiger partial charge on any atom is -0.0867 e. The molecule has 0 amide bonds. The average molecular weight is 208 g/mol. The quantitative estimate of drug-likeness (QED) is 0.606. The summed E-state index contributed by atoms with van der Waals surface area (Å²) >= 11 is 0. The van der Waals surface area contributed by atoms with Crippen molar-refractivity contribution in [1.82, 2.24) is 0 Å². The number of hydrogen-bond donors (Lipinski definition) is 0. The molecule has 0 fully saturated rings. The predicted octanol–water partition coefficient (Wildman–Crippen LogP) is 4.22. The van der Waals surface area contributed by atoms with Crippen LogP contribution in [0, 0.1) is 11.8 Å². The van der Waals surface area contributed by atoms with E-state index in [4.69, 9.17) is 0 Å². The van der Waals surface area contributed by atoms with Gasteiger partial charge in [0.05, 0.1) is 0 Å².